The van der Waals surface area contributed by atoms with Gasteiger partial charge >= 0.3 is 11.9 Å². The second-order valence-electron chi connectivity index (χ2n) is 7.97. The summed E-state index contributed by atoms with van der Waals surface area (Å²) in [5.74, 6) is -1.43. The van der Waals surface area contributed by atoms with Crippen LogP contribution in [-0.4, -0.2) is 23.7 Å². The molecule has 4 heteroatoms. The summed E-state index contributed by atoms with van der Waals surface area (Å²) < 4.78 is 5.53. The molecule has 0 aliphatic heterocycles. The number of ether oxygens (including phenoxy) is 1. The predicted molar refractivity (Wildman–Crippen MR) is 93.6 cm³/mol. The first-order chi connectivity index (χ1) is 11.5. The molecule has 2 aliphatic carbocycles. The van der Waals surface area contributed by atoms with Gasteiger partial charge in [-0.3, -0.25) is 9.59 Å². The minimum absolute atomic E-state index is 0.109. The number of aliphatic carboxylic acids is 1. The number of hydrogen-bond donors (Lipinski definition) is 1. The molecule has 2 atom stereocenters. The zero-order valence-electron chi connectivity index (χ0n) is 15.4. The van der Waals surface area contributed by atoms with Crippen molar-refractivity contribution in [2.24, 2.45) is 23.2 Å². The SMILES string of the molecule is CCCOC(=O)C(C)(C1CCCCC1)C(C(=O)O)C1CCCCC1. The van der Waals surface area contributed by atoms with Gasteiger partial charge in [0.25, 0.3) is 0 Å². The van der Waals surface area contributed by atoms with Gasteiger partial charge < -0.3 is 9.84 Å². The average Bonchev–Trinajstić information content (AvgIpc) is 2.61. The summed E-state index contributed by atoms with van der Waals surface area (Å²) in [5, 5.41) is 10.1. The molecule has 2 aliphatic rings. The van der Waals surface area contributed by atoms with Gasteiger partial charge in [-0.25, -0.2) is 0 Å². The molecule has 2 fully saturated rings. The van der Waals surface area contributed by atoms with Gasteiger partial charge in [0.2, 0.25) is 0 Å². The Hall–Kier alpha value is -1.06. The van der Waals surface area contributed by atoms with Crippen LogP contribution < -0.4 is 0 Å². The molecule has 4 nitrogen and oxygen atoms in total. The highest BCUT2D eigenvalue weighted by Gasteiger charge is 2.54. The summed E-state index contributed by atoms with van der Waals surface area (Å²) in [7, 11) is 0. The molecule has 2 rings (SSSR count). The smallest absolute Gasteiger partial charge is 0.312 e. The Kier molecular flexibility index (Phi) is 7.12. The van der Waals surface area contributed by atoms with E-state index in [9.17, 15) is 14.7 Å². The molecular weight excluding hydrogens is 304 g/mol. The lowest BCUT2D eigenvalue weighted by Crippen LogP contribution is -2.50. The molecule has 0 aromatic carbocycles. The van der Waals surface area contributed by atoms with Gasteiger partial charge in [0.15, 0.2) is 0 Å². The highest BCUT2D eigenvalue weighted by atomic mass is 16.5. The minimum atomic E-state index is -0.885. The second kappa shape index (κ2) is 8.87. The van der Waals surface area contributed by atoms with E-state index < -0.39 is 17.3 Å². The lowest BCUT2D eigenvalue weighted by atomic mass is 9.58. The van der Waals surface area contributed by atoms with Crippen LogP contribution in [0, 0.1) is 23.2 Å². The fraction of sp³-hybridized carbons (Fsp3) is 0.900. The van der Waals surface area contributed by atoms with Gasteiger partial charge in [0.05, 0.1) is 17.9 Å². The lowest BCUT2D eigenvalue weighted by molar-refractivity contribution is -0.176. The molecule has 0 aromatic rings. The Labute approximate surface area is 146 Å². The van der Waals surface area contributed by atoms with Crippen LogP contribution in [0.4, 0.5) is 0 Å². The van der Waals surface area contributed by atoms with Crippen molar-refractivity contribution >= 4 is 11.9 Å². The largest absolute Gasteiger partial charge is 0.481 e. The van der Waals surface area contributed by atoms with E-state index >= 15 is 0 Å². The summed E-state index contributed by atoms with van der Waals surface area (Å²) in [6.45, 7) is 4.26. The van der Waals surface area contributed by atoms with Gasteiger partial charge in [-0.1, -0.05) is 45.4 Å². The number of rotatable bonds is 7. The van der Waals surface area contributed by atoms with E-state index in [2.05, 4.69) is 0 Å². The molecule has 0 heterocycles. The zero-order valence-corrected chi connectivity index (χ0v) is 15.4. The monoisotopic (exact) mass is 338 g/mol. The number of carboxylic acids is 1. The highest BCUT2D eigenvalue weighted by Crippen LogP contribution is 2.50. The first kappa shape index (κ1) is 19.3. The van der Waals surface area contributed by atoms with E-state index in [0.717, 1.165) is 57.8 Å². The number of hydrogen-bond acceptors (Lipinski definition) is 3. The van der Waals surface area contributed by atoms with Gasteiger partial charge in [0.1, 0.15) is 0 Å². The maximum absolute atomic E-state index is 13.0. The summed E-state index contributed by atoms with van der Waals surface area (Å²) >= 11 is 0. The molecule has 0 radical (unpaired) electrons. The number of esters is 1. The predicted octanol–water partition coefficient (Wildman–Crippen LogP) is 4.81. The molecule has 2 unspecified atom stereocenters. The van der Waals surface area contributed by atoms with Gasteiger partial charge in [-0.2, -0.15) is 0 Å². The van der Waals surface area contributed by atoms with E-state index in [0.29, 0.717) is 6.61 Å². The van der Waals surface area contributed by atoms with E-state index in [1.807, 2.05) is 13.8 Å². The Balaban J connectivity index is 2.32. The fourth-order valence-corrected chi connectivity index (χ4v) is 5.02. The van der Waals surface area contributed by atoms with Gasteiger partial charge in [-0.05, 0) is 50.9 Å². The average molecular weight is 338 g/mol. The van der Waals surface area contributed by atoms with Crippen LogP contribution in [0.2, 0.25) is 0 Å². The first-order valence-electron chi connectivity index (χ1n) is 9.91. The van der Waals surface area contributed by atoms with E-state index in [4.69, 9.17) is 4.74 Å². The maximum Gasteiger partial charge on any atom is 0.312 e. The topological polar surface area (TPSA) is 63.6 Å². The van der Waals surface area contributed by atoms with Crippen molar-refractivity contribution in [1.29, 1.82) is 0 Å². The van der Waals surface area contributed by atoms with Gasteiger partial charge in [0, 0.05) is 0 Å². The Bertz CT molecular complexity index is 421. The third-order valence-electron chi connectivity index (χ3n) is 6.36. The Morgan fingerprint density at radius 2 is 1.58 bits per heavy atom. The first-order valence-corrected chi connectivity index (χ1v) is 9.91. The molecule has 0 saturated heterocycles. The second-order valence-corrected chi connectivity index (χ2v) is 7.97. The molecule has 138 valence electrons. The van der Waals surface area contributed by atoms with Crippen LogP contribution in [0.1, 0.15) is 84.5 Å². The molecule has 0 spiro atoms. The van der Waals surface area contributed by atoms with Crippen LogP contribution in [0.5, 0.6) is 0 Å². The number of carbonyl (C=O) groups is 2. The fourth-order valence-electron chi connectivity index (χ4n) is 5.02. The molecule has 1 N–H and O–H groups in total. The molecular formula is C20H34O4. The summed E-state index contributed by atoms with van der Waals surface area (Å²) in [4.78, 5) is 25.3. The van der Waals surface area contributed by atoms with Crippen LogP contribution >= 0.6 is 0 Å². The molecule has 0 bridgehead atoms. The maximum atomic E-state index is 13.0. The van der Waals surface area contributed by atoms with Crippen LogP contribution in [0.15, 0.2) is 0 Å². The van der Waals surface area contributed by atoms with E-state index in [1.165, 1.54) is 12.8 Å². The number of carbonyl (C=O) groups excluding carboxylic acids is 1. The van der Waals surface area contributed by atoms with Crippen LogP contribution in [0.3, 0.4) is 0 Å². The lowest BCUT2D eigenvalue weighted by Gasteiger charge is -2.45. The van der Waals surface area contributed by atoms with Crippen molar-refractivity contribution in [2.45, 2.75) is 84.5 Å². The Morgan fingerprint density at radius 3 is 2.08 bits per heavy atom. The van der Waals surface area contributed by atoms with Crippen LogP contribution in [0.25, 0.3) is 0 Å². The van der Waals surface area contributed by atoms with E-state index in [-0.39, 0.29) is 17.8 Å². The van der Waals surface area contributed by atoms with Crippen molar-refractivity contribution in [3.63, 3.8) is 0 Å². The third-order valence-corrected chi connectivity index (χ3v) is 6.36. The summed E-state index contributed by atoms with van der Waals surface area (Å²) in [6.07, 6.45) is 11.3. The van der Waals surface area contributed by atoms with Crippen LogP contribution in [-0.2, 0) is 14.3 Å². The van der Waals surface area contributed by atoms with E-state index in [1.54, 1.807) is 0 Å². The normalized spacial score (nSPS) is 24.1. The summed E-state index contributed by atoms with van der Waals surface area (Å²) in [6, 6.07) is 0. The van der Waals surface area contributed by atoms with Crippen molar-refractivity contribution in [2.75, 3.05) is 6.61 Å². The van der Waals surface area contributed by atoms with Crippen molar-refractivity contribution in [3.05, 3.63) is 0 Å². The quantitative estimate of drug-likeness (QED) is 0.677. The van der Waals surface area contributed by atoms with Crippen molar-refractivity contribution in [1.82, 2.24) is 0 Å². The Morgan fingerprint density at radius 1 is 1.04 bits per heavy atom. The zero-order chi connectivity index (χ0) is 17.6. The number of carboxylic acid groups (broad SMARTS) is 1. The molecule has 0 aromatic heterocycles. The molecule has 24 heavy (non-hydrogen) atoms. The standard InChI is InChI=1S/C20H34O4/c1-3-14-24-19(23)20(2,16-12-8-5-9-13-16)17(18(21)22)15-10-6-4-7-11-15/h15-17H,3-14H2,1-2H3,(H,21,22). The molecule has 2 saturated carbocycles. The van der Waals surface area contributed by atoms with Gasteiger partial charge in [-0.15, -0.1) is 0 Å². The summed E-state index contributed by atoms with van der Waals surface area (Å²) in [5.41, 5.74) is -0.885. The molecule has 0 amide bonds. The highest BCUT2D eigenvalue weighted by molar-refractivity contribution is 5.85. The third kappa shape index (κ3) is 4.12. The minimum Gasteiger partial charge on any atom is -0.481 e. The van der Waals surface area contributed by atoms with Crippen molar-refractivity contribution < 1.29 is 19.4 Å². The van der Waals surface area contributed by atoms with Crippen molar-refractivity contribution in [3.8, 4) is 0 Å².